The van der Waals surface area contributed by atoms with Crippen molar-refractivity contribution in [2.75, 3.05) is 6.54 Å². The summed E-state index contributed by atoms with van der Waals surface area (Å²) in [7, 11) is 0. The second kappa shape index (κ2) is 3.10. The van der Waals surface area contributed by atoms with Gasteiger partial charge in [0.05, 0.1) is 0 Å². The predicted octanol–water partition coefficient (Wildman–Crippen LogP) is 2.03. The third-order valence-electron chi connectivity index (χ3n) is 2.85. The Labute approximate surface area is 95.7 Å². The molecule has 0 bridgehead atoms. The Kier molecular flexibility index (Phi) is 1.95. The first-order valence-corrected chi connectivity index (χ1v) is 8.45. The average molecular weight is 316 g/mol. The molecule has 0 radical (unpaired) electrons. The van der Waals surface area contributed by atoms with Crippen LogP contribution in [-0.4, -0.2) is 21.2 Å². The van der Waals surface area contributed by atoms with Crippen LogP contribution in [0.25, 0.3) is 0 Å². The summed E-state index contributed by atoms with van der Waals surface area (Å²) in [6.07, 6.45) is 3.79. The van der Waals surface area contributed by atoms with Crippen molar-refractivity contribution in [1.82, 2.24) is 10.3 Å². The zero-order chi connectivity index (χ0) is 10.6. The van der Waals surface area contributed by atoms with Crippen LogP contribution in [0.4, 0.5) is 0 Å². The summed E-state index contributed by atoms with van der Waals surface area (Å²) in [5, 5.41) is 3.39. The van der Waals surface area contributed by atoms with Gasteiger partial charge in [0.15, 0.2) is 0 Å². The molecule has 0 amide bonds. The van der Waals surface area contributed by atoms with Crippen LogP contribution in [0.1, 0.15) is 23.0 Å². The molecule has 15 heavy (non-hydrogen) atoms. The van der Waals surface area contributed by atoms with E-state index in [1.54, 1.807) is 0 Å². The molecule has 2 aliphatic heterocycles. The van der Waals surface area contributed by atoms with Gasteiger partial charge in [0.1, 0.15) is 0 Å². The Hall–Kier alpha value is -0.780. The molecule has 4 heteroatoms. The van der Waals surface area contributed by atoms with Crippen LogP contribution >= 0.6 is 19.8 Å². The van der Waals surface area contributed by atoms with Crippen LogP contribution in [0, 0.1) is 10.5 Å². The number of allylic oxidation sites excluding steroid dienone is 1. The van der Waals surface area contributed by atoms with E-state index >= 15 is 0 Å². The zero-order valence-corrected chi connectivity index (χ0v) is 10.9. The van der Waals surface area contributed by atoms with Crippen molar-refractivity contribution in [3.8, 4) is 0 Å². The Morgan fingerprint density at radius 1 is 1.53 bits per heavy atom. The van der Waals surface area contributed by atoms with Gasteiger partial charge in [0.2, 0.25) is 0 Å². The second-order valence-corrected chi connectivity index (χ2v) is 10.1. The number of H-pyrrole nitrogens is 1. The molecule has 2 aliphatic rings. The van der Waals surface area contributed by atoms with E-state index in [0.29, 0.717) is 0 Å². The zero-order valence-electron chi connectivity index (χ0n) is 8.73. The minimum atomic E-state index is -1.30. The number of carbonyl (C=O) groups excluding carboxylic acids is 1. The fourth-order valence-corrected chi connectivity index (χ4v) is 8.89. The molecular formula is C11H13IN2O. The second-order valence-electron chi connectivity index (χ2n) is 3.99. The Morgan fingerprint density at radius 2 is 2.33 bits per heavy atom. The number of fused-ring (bicyclic) bond motifs is 3. The van der Waals surface area contributed by atoms with Crippen LogP contribution in [0.5, 0.6) is 0 Å². The van der Waals surface area contributed by atoms with Crippen LogP contribution in [0.3, 0.4) is 0 Å². The number of carbonyl (C=O) groups is 1. The Bertz CT molecular complexity index is 475. The van der Waals surface area contributed by atoms with E-state index in [0.717, 1.165) is 16.2 Å². The van der Waals surface area contributed by atoms with Gasteiger partial charge in [-0.05, 0) is 0 Å². The molecule has 1 atom stereocenters. The summed E-state index contributed by atoms with van der Waals surface area (Å²) in [5.74, 6) is 0.142. The quantitative estimate of drug-likeness (QED) is 0.437. The van der Waals surface area contributed by atoms with Gasteiger partial charge in [0.25, 0.3) is 0 Å². The van der Waals surface area contributed by atoms with E-state index in [1.165, 1.54) is 12.8 Å². The number of hydrogen-bond acceptors (Lipinski definition) is 2. The first kappa shape index (κ1) is 9.45. The van der Waals surface area contributed by atoms with E-state index < -0.39 is 19.8 Å². The van der Waals surface area contributed by atoms with Gasteiger partial charge in [-0.1, -0.05) is 0 Å². The summed E-state index contributed by atoms with van der Waals surface area (Å²) >= 11 is -1.30. The van der Waals surface area contributed by atoms with E-state index in [-0.39, 0.29) is 5.78 Å². The van der Waals surface area contributed by atoms with Crippen molar-refractivity contribution in [3.05, 3.63) is 30.8 Å². The van der Waals surface area contributed by atoms with E-state index in [2.05, 4.69) is 24.1 Å². The van der Waals surface area contributed by atoms with E-state index in [4.69, 9.17) is 0 Å². The molecule has 2 N–H and O–H groups in total. The fourth-order valence-electron chi connectivity index (χ4n) is 2.12. The summed E-state index contributed by atoms with van der Waals surface area (Å²) in [6.45, 7) is 5.44. The SMILES string of the molecule is Cc1c[nH]c2c1I1C(=CC2=O)NCC1C. The molecule has 80 valence electrons. The number of aromatic amines is 1. The van der Waals surface area contributed by atoms with Gasteiger partial charge in [-0.3, -0.25) is 0 Å². The van der Waals surface area contributed by atoms with E-state index in [1.807, 2.05) is 12.3 Å². The molecule has 1 aromatic heterocycles. The number of aromatic nitrogens is 1. The maximum absolute atomic E-state index is 11.8. The standard InChI is InChI=1S/C11H13IN2O/c1-6-4-14-11-8(15)3-9-12(10(6)11)7(2)5-13-9/h3-4,7,13-14H,5H2,1-2H3. The topological polar surface area (TPSA) is 44.9 Å². The molecule has 1 aromatic rings. The van der Waals surface area contributed by atoms with Crippen LogP contribution < -0.4 is 5.32 Å². The molecule has 1 unspecified atom stereocenters. The number of nitrogens with one attached hydrogen (secondary N) is 2. The number of aryl methyl sites for hydroxylation is 1. The summed E-state index contributed by atoms with van der Waals surface area (Å²) < 4.78 is 3.34. The molecule has 0 aliphatic carbocycles. The fraction of sp³-hybridized carbons (Fsp3) is 0.364. The van der Waals surface area contributed by atoms with Crippen molar-refractivity contribution >= 4 is 25.6 Å². The van der Waals surface area contributed by atoms with Crippen molar-refractivity contribution in [2.24, 2.45) is 0 Å². The predicted molar refractivity (Wildman–Crippen MR) is 68.1 cm³/mol. The van der Waals surface area contributed by atoms with Gasteiger partial charge < -0.3 is 0 Å². The monoisotopic (exact) mass is 316 g/mol. The molecule has 1 saturated heterocycles. The van der Waals surface area contributed by atoms with Crippen LogP contribution in [0.2, 0.25) is 0 Å². The average Bonchev–Trinajstić information content (AvgIpc) is 2.72. The van der Waals surface area contributed by atoms with E-state index in [9.17, 15) is 4.79 Å². The van der Waals surface area contributed by atoms with Gasteiger partial charge in [-0.15, -0.1) is 0 Å². The Balaban J connectivity index is 2.23. The van der Waals surface area contributed by atoms with Crippen molar-refractivity contribution in [1.29, 1.82) is 0 Å². The summed E-state index contributed by atoms with van der Waals surface area (Å²) in [6, 6.07) is 0. The van der Waals surface area contributed by atoms with Crippen molar-refractivity contribution in [2.45, 2.75) is 17.8 Å². The number of hydrogen-bond donors (Lipinski definition) is 2. The van der Waals surface area contributed by atoms with Crippen LogP contribution in [-0.2, 0) is 0 Å². The molecule has 3 rings (SSSR count). The third kappa shape index (κ3) is 1.20. The normalized spacial score (nSPS) is 25.7. The molecule has 1 fully saturated rings. The Morgan fingerprint density at radius 3 is 3.13 bits per heavy atom. The molecule has 0 saturated carbocycles. The first-order valence-electron chi connectivity index (χ1n) is 5.04. The number of alkyl halides is 1. The molecule has 3 heterocycles. The van der Waals surface area contributed by atoms with Gasteiger partial charge in [-0.25, -0.2) is 0 Å². The third-order valence-corrected chi connectivity index (χ3v) is 9.91. The van der Waals surface area contributed by atoms with Crippen molar-refractivity contribution < 1.29 is 4.79 Å². The van der Waals surface area contributed by atoms with Gasteiger partial charge in [-0.2, -0.15) is 0 Å². The summed E-state index contributed by atoms with van der Waals surface area (Å²) in [5.41, 5.74) is 2.13. The van der Waals surface area contributed by atoms with Gasteiger partial charge in [0, 0.05) is 0 Å². The number of rotatable bonds is 0. The minimum absolute atomic E-state index is 0.142. The van der Waals surface area contributed by atoms with Gasteiger partial charge >= 0.3 is 95.8 Å². The molecular weight excluding hydrogens is 303 g/mol. The maximum atomic E-state index is 11.8. The summed E-state index contributed by atoms with van der Waals surface area (Å²) in [4.78, 5) is 15.0. The first-order chi connectivity index (χ1) is 7.18. The van der Waals surface area contributed by atoms with Crippen LogP contribution in [0.15, 0.2) is 16.0 Å². The molecule has 0 aromatic carbocycles. The molecule has 3 nitrogen and oxygen atoms in total. The molecule has 0 spiro atoms. The van der Waals surface area contributed by atoms with Crippen molar-refractivity contribution in [3.63, 3.8) is 0 Å². The number of halogens is 1. The number of ketones is 1.